The highest BCUT2D eigenvalue weighted by Crippen LogP contribution is 2.35. The second-order valence-electron chi connectivity index (χ2n) is 9.30. The van der Waals surface area contributed by atoms with E-state index in [9.17, 15) is 9.59 Å². The Hall–Kier alpha value is -2.88. The largest absolute Gasteiger partial charge is 0.368 e. The summed E-state index contributed by atoms with van der Waals surface area (Å²) in [4.78, 5) is 38.5. The summed E-state index contributed by atoms with van der Waals surface area (Å²) in [7, 11) is 0. The van der Waals surface area contributed by atoms with Crippen LogP contribution in [-0.2, 0) is 4.79 Å². The first-order chi connectivity index (χ1) is 17.8. The van der Waals surface area contributed by atoms with Crippen LogP contribution in [0, 0.1) is 6.92 Å². The number of amides is 1. The molecule has 0 spiro atoms. The maximum absolute atomic E-state index is 13.8. The Kier molecular flexibility index (Phi) is 7.29. The van der Waals surface area contributed by atoms with E-state index in [2.05, 4.69) is 15.9 Å². The number of nitrogens with zero attached hydrogens (tertiary/aromatic N) is 5. The fraction of sp³-hybridized carbons (Fsp3) is 0.333. The molecule has 1 aromatic carbocycles. The molecule has 0 bridgehead atoms. The van der Waals surface area contributed by atoms with E-state index < -0.39 is 0 Å². The summed E-state index contributed by atoms with van der Waals surface area (Å²) in [6.45, 7) is 8.81. The Morgan fingerprint density at radius 1 is 1.14 bits per heavy atom. The first kappa shape index (κ1) is 25.8. The van der Waals surface area contributed by atoms with Crippen molar-refractivity contribution in [2.75, 3.05) is 36.0 Å². The minimum atomic E-state index is -0.199. The summed E-state index contributed by atoms with van der Waals surface area (Å²) >= 11 is 13.0. The van der Waals surface area contributed by atoms with Gasteiger partial charge < -0.3 is 9.80 Å². The Labute approximate surface area is 230 Å². The number of aryl methyl sites for hydroxylation is 1. The van der Waals surface area contributed by atoms with E-state index in [0.29, 0.717) is 44.4 Å². The Bertz CT molecular complexity index is 1480. The van der Waals surface area contributed by atoms with Crippen molar-refractivity contribution in [2.45, 2.75) is 33.2 Å². The van der Waals surface area contributed by atoms with Crippen molar-refractivity contribution in [2.24, 2.45) is 0 Å². The van der Waals surface area contributed by atoms with E-state index in [0.717, 1.165) is 30.8 Å². The van der Waals surface area contributed by atoms with Gasteiger partial charge in [-0.1, -0.05) is 54.6 Å². The van der Waals surface area contributed by atoms with E-state index in [4.69, 9.17) is 28.8 Å². The van der Waals surface area contributed by atoms with Crippen LogP contribution in [0.1, 0.15) is 31.4 Å². The molecule has 1 amide bonds. The molecule has 192 valence electrons. The van der Waals surface area contributed by atoms with Gasteiger partial charge in [-0.15, -0.1) is 0 Å². The molecule has 3 aromatic rings. The summed E-state index contributed by atoms with van der Waals surface area (Å²) in [5.41, 5.74) is 2.80. The second-order valence-corrected chi connectivity index (χ2v) is 11.4. The average Bonchev–Trinajstić information content (AvgIpc) is 3.18. The molecule has 10 heteroatoms. The van der Waals surface area contributed by atoms with Gasteiger partial charge in [0.05, 0.1) is 10.5 Å². The zero-order valence-corrected chi connectivity index (χ0v) is 23.4. The lowest BCUT2D eigenvalue weighted by molar-refractivity contribution is -0.123. The minimum absolute atomic E-state index is 0.00378. The zero-order valence-electron chi connectivity index (χ0n) is 21.0. The second kappa shape index (κ2) is 10.5. The predicted octanol–water partition coefficient (Wildman–Crippen LogP) is 4.98. The standard InChI is InChI=1S/C27H28ClN5O2S2/c1-4-18(3)33-26(35)22(37-27(33)36)16-21-24(29-23-17(2)7-6-10-32(23)25(21)34)31-13-11-30(12-14-31)20-9-5-8-19(28)15-20/h5-10,15-16,18H,4,11-14H2,1-3H3/b22-16-. The third kappa shape index (κ3) is 4.87. The number of carbonyl (C=O) groups excluding carboxylic acids is 1. The summed E-state index contributed by atoms with van der Waals surface area (Å²) in [5.74, 6) is 0.439. The highest BCUT2D eigenvalue weighted by molar-refractivity contribution is 8.26. The van der Waals surface area contributed by atoms with E-state index in [1.165, 1.54) is 11.8 Å². The van der Waals surface area contributed by atoms with Gasteiger partial charge in [0.2, 0.25) is 0 Å². The van der Waals surface area contributed by atoms with Gasteiger partial charge >= 0.3 is 0 Å². The summed E-state index contributed by atoms with van der Waals surface area (Å²) < 4.78 is 2.08. The number of hydrogen-bond donors (Lipinski definition) is 0. The number of aromatic nitrogens is 2. The first-order valence-corrected chi connectivity index (χ1v) is 13.9. The Balaban J connectivity index is 1.55. The fourth-order valence-corrected chi connectivity index (χ4v) is 6.32. The van der Waals surface area contributed by atoms with Crippen molar-refractivity contribution in [3.05, 3.63) is 74.0 Å². The van der Waals surface area contributed by atoms with Crippen molar-refractivity contribution in [3.63, 3.8) is 0 Å². The summed E-state index contributed by atoms with van der Waals surface area (Å²) in [6, 6.07) is 11.6. The van der Waals surface area contributed by atoms with E-state index in [1.807, 2.05) is 51.1 Å². The van der Waals surface area contributed by atoms with Crippen LogP contribution in [0.4, 0.5) is 11.5 Å². The van der Waals surface area contributed by atoms with Crippen LogP contribution in [0.15, 0.2) is 52.3 Å². The minimum Gasteiger partial charge on any atom is -0.368 e. The smallest absolute Gasteiger partial charge is 0.267 e. The molecule has 1 unspecified atom stereocenters. The number of pyridine rings is 1. The van der Waals surface area contributed by atoms with Gasteiger partial charge in [-0.2, -0.15) is 0 Å². The number of anilines is 2. The van der Waals surface area contributed by atoms with Crippen LogP contribution in [-0.4, -0.2) is 56.7 Å². The maximum atomic E-state index is 13.8. The normalized spacial score (nSPS) is 18.4. The maximum Gasteiger partial charge on any atom is 0.267 e. The van der Waals surface area contributed by atoms with Crippen LogP contribution in [0.3, 0.4) is 0 Å². The number of rotatable bonds is 5. The van der Waals surface area contributed by atoms with Crippen LogP contribution < -0.4 is 15.4 Å². The van der Waals surface area contributed by atoms with Gasteiger partial charge in [-0.3, -0.25) is 18.9 Å². The highest BCUT2D eigenvalue weighted by Gasteiger charge is 2.35. The van der Waals surface area contributed by atoms with Gasteiger partial charge in [0.15, 0.2) is 0 Å². The third-order valence-electron chi connectivity index (χ3n) is 6.95. The highest BCUT2D eigenvalue weighted by atomic mass is 35.5. The Morgan fingerprint density at radius 2 is 1.86 bits per heavy atom. The molecule has 2 aromatic heterocycles. The third-order valence-corrected chi connectivity index (χ3v) is 8.51. The van der Waals surface area contributed by atoms with Crippen molar-refractivity contribution >= 4 is 69.0 Å². The molecule has 2 saturated heterocycles. The molecule has 4 heterocycles. The molecule has 37 heavy (non-hydrogen) atoms. The lowest BCUT2D eigenvalue weighted by atomic mass is 10.2. The van der Waals surface area contributed by atoms with E-state index in [-0.39, 0.29) is 17.5 Å². The lowest BCUT2D eigenvalue weighted by Crippen LogP contribution is -2.47. The molecule has 0 N–H and O–H groups in total. The molecule has 2 aliphatic rings. The lowest BCUT2D eigenvalue weighted by Gasteiger charge is -2.37. The van der Waals surface area contributed by atoms with Crippen LogP contribution in [0.5, 0.6) is 0 Å². The van der Waals surface area contributed by atoms with Crippen LogP contribution in [0.25, 0.3) is 11.7 Å². The molecule has 2 fully saturated rings. The van der Waals surface area contributed by atoms with Gasteiger partial charge in [0.25, 0.3) is 11.5 Å². The van der Waals surface area contributed by atoms with Gasteiger partial charge in [-0.25, -0.2) is 4.98 Å². The van der Waals surface area contributed by atoms with E-state index in [1.54, 1.807) is 21.6 Å². The molecule has 7 nitrogen and oxygen atoms in total. The first-order valence-electron chi connectivity index (χ1n) is 12.3. The molecule has 0 radical (unpaired) electrons. The number of carbonyl (C=O) groups is 1. The van der Waals surface area contributed by atoms with Crippen molar-refractivity contribution in [1.82, 2.24) is 14.3 Å². The predicted molar refractivity (Wildman–Crippen MR) is 157 cm³/mol. The molecule has 0 aliphatic carbocycles. The number of thioether (sulfide) groups is 1. The number of hydrogen-bond acceptors (Lipinski definition) is 7. The number of piperazine rings is 1. The van der Waals surface area contributed by atoms with Crippen molar-refractivity contribution < 1.29 is 4.79 Å². The number of thiocarbonyl (C=S) groups is 1. The van der Waals surface area contributed by atoms with Crippen LogP contribution >= 0.6 is 35.6 Å². The number of fused-ring (bicyclic) bond motifs is 1. The van der Waals surface area contributed by atoms with Gasteiger partial charge in [0, 0.05) is 49.1 Å². The summed E-state index contributed by atoms with van der Waals surface area (Å²) in [5, 5.41) is 0.705. The molecular formula is C27H28ClN5O2S2. The molecule has 5 rings (SSSR count). The van der Waals surface area contributed by atoms with Crippen LogP contribution in [0.2, 0.25) is 5.02 Å². The van der Waals surface area contributed by atoms with Gasteiger partial charge in [0.1, 0.15) is 15.8 Å². The molecular weight excluding hydrogens is 526 g/mol. The number of benzene rings is 1. The monoisotopic (exact) mass is 553 g/mol. The molecule has 1 atom stereocenters. The average molecular weight is 554 g/mol. The van der Waals surface area contributed by atoms with Crippen molar-refractivity contribution in [1.29, 1.82) is 0 Å². The van der Waals surface area contributed by atoms with E-state index >= 15 is 0 Å². The quantitative estimate of drug-likeness (QED) is 0.326. The fourth-order valence-electron chi connectivity index (χ4n) is 4.69. The Morgan fingerprint density at radius 3 is 2.57 bits per heavy atom. The topological polar surface area (TPSA) is 61.2 Å². The molecule has 2 aliphatic heterocycles. The van der Waals surface area contributed by atoms with Gasteiger partial charge in [-0.05, 0) is 56.2 Å². The summed E-state index contributed by atoms with van der Waals surface area (Å²) in [6.07, 6.45) is 4.20. The van der Waals surface area contributed by atoms with Crippen molar-refractivity contribution in [3.8, 4) is 0 Å². The SMILES string of the molecule is CCC(C)N1C(=O)/C(=C/c2c(N3CCN(c4cccc(Cl)c4)CC3)nc3c(C)cccn3c2=O)SC1=S. The molecule has 0 saturated carbocycles. The number of halogens is 1. The zero-order chi connectivity index (χ0) is 26.3.